The van der Waals surface area contributed by atoms with Crippen molar-refractivity contribution in [1.82, 2.24) is 14.8 Å². The minimum Gasteiger partial charge on any atom is -0.496 e. The summed E-state index contributed by atoms with van der Waals surface area (Å²) in [6, 6.07) is 11.0. The summed E-state index contributed by atoms with van der Waals surface area (Å²) < 4.78 is 20.1. The second-order valence-corrected chi connectivity index (χ2v) is 5.85. The van der Waals surface area contributed by atoms with E-state index in [0.717, 1.165) is 11.4 Å². The van der Waals surface area contributed by atoms with Gasteiger partial charge in [0.25, 0.3) is 0 Å². The lowest BCUT2D eigenvalue weighted by Crippen LogP contribution is -2.03. The summed E-state index contributed by atoms with van der Waals surface area (Å²) in [5.41, 5.74) is 1.82. The van der Waals surface area contributed by atoms with E-state index < -0.39 is 5.97 Å². The van der Waals surface area contributed by atoms with Gasteiger partial charge in [0, 0.05) is 13.5 Å². The summed E-state index contributed by atoms with van der Waals surface area (Å²) >= 11 is 0. The van der Waals surface area contributed by atoms with Crippen molar-refractivity contribution in [3.63, 3.8) is 0 Å². The fourth-order valence-corrected chi connectivity index (χ4v) is 2.73. The van der Waals surface area contributed by atoms with E-state index in [9.17, 15) is 9.18 Å². The number of hydrogen-bond donors (Lipinski definition) is 1. The average molecular weight is 355 g/mol. The second-order valence-electron chi connectivity index (χ2n) is 5.85. The van der Waals surface area contributed by atoms with Crippen molar-refractivity contribution in [1.29, 1.82) is 0 Å². The number of carbonyl (C=O) groups is 1. The molecule has 0 saturated carbocycles. The van der Waals surface area contributed by atoms with Crippen LogP contribution in [0, 0.1) is 5.82 Å². The lowest BCUT2D eigenvalue weighted by atomic mass is 10.1. The number of benzene rings is 2. The highest BCUT2D eigenvalue weighted by atomic mass is 19.1. The van der Waals surface area contributed by atoms with Gasteiger partial charge in [0.1, 0.15) is 17.4 Å². The van der Waals surface area contributed by atoms with Crippen molar-refractivity contribution in [3.05, 3.63) is 65.2 Å². The predicted molar refractivity (Wildman–Crippen MR) is 93.8 cm³/mol. The molecular weight excluding hydrogens is 337 g/mol. The molecule has 134 valence electrons. The standard InChI is InChI=1S/C19H18FN3O3/c1-23-17(10-5-12-3-7-14(20)8-4-12)21-22-18(23)15-9-6-13(19(24)25)11-16(15)26-2/h3-4,6-9,11H,5,10H2,1-2H3,(H,24,25). The van der Waals surface area contributed by atoms with Gasteiger partial charge in [-0.3, -0.25) is 0 Å². The highest BCUT2D eigenvalue weighted by Gasteiger charge is 2.17. The van der Waals surface area contributed by atoms with Gasteiger partial charge in [-0.1, -0.05) is 12.1 Å². The normalized spacial score (nSPS) is 10.7. The van der Waals surface area contributed by atoms with Crippen molar-refractivity contribution in [2.75, 3.05) is 7.11 Å². The van der Waals surface area contributed by atoms with Crippen LogP contribution in [0.15, 0.2) is 42.5 Å². The van der Waals surface area contributed by atoms with Crippen LogP contribution < -0.4 is 4.74 Å². The number of methoxy groups -OCH3 is 1. The molecule has 6 nitrogen and oxygen atoms in total. The maximum Gasteiger partial charge on any atom is 0.335 e. The molecule has 1 N–H and O–H groups in total. The Bertz CT molecular complexity index is 936. The molecule has 2 aromatic carbocycles. The number of carboxylic acids is 1. The molecule has 1 aromatic heterocycles. The first kappa shape index (κ1) is 17.6. The topological polar surface area (TPSA) is 77.2 Å². The van der Waals surface area contributed by atoms with Gasteiger partial charge in [-0.25, -0.2) is 9.18 Å². The molecule has 7 heteroatoms. The SMILES string of the molecule is COc1cc(C(=O)O)ccc1-c1nnc(CCc2ccc(F)cc2)n1C. The van der Waals surface area contributed by atoms with E-state index >= 15 is 0 Å². The lowest BCUT2D eigenvalue weighted by Gasteiger charge is -2.09. The molecule has 0 spiro atoms. The van der Waals surface area contributed by atoms with E-state index in [1.807, 2.05) is 11.6 Å². The molecule has 0 amide bonds. The van der Waals surface area contributed by atoms with Gasteiger partial charge in [0.05, 0.1) is 18.2 Å². The number of ether oxygens (including phenoxy) is 1. The third-order valence-corrected chi connectivity index (χ3v) is 4.20. The van der Waals surface area contributed by atoms with E-state index in [1.165, 1.54) is 31.4 Å². The lowest BCUT2D eigenvalue weighted by molar-refractivity contribution is 0.0696. The Morgan fingerprint density at radius 3 is 2.54 bits per heavy atom. The van der Waals surface area contributed by atoms with E-state index in [1.54, 1.807) is 18.2 Å². The Kier molecular flexibility index (Phi) is 4.97. The molecule has 0 aliphatic rings. The molecule has 26 heavy (non-hydrogen) atoms. The number of rotatable bonds is 6. The van der Waals surface area contributed by atoms with Crippen LogP contribution in [0.25, 0.3) is 11.4 Å². The van der Waals surface area contributed by atoms with Crippen LogP contribution in [0.2, 0.25) is 0 Å². The Morgan fingerprint density at radius 1 is 1.15 bits per heavy atom. The molecule has 1 heterocycles. The van der Waals surface area contributed by atoms with Crippen LogP contribution in [-0.2, 0) is 19.9 Å². The molecular formula is C19H18FN3O3. The number of nitrogens with zero attached hydrogens (tertiary/aromatic N) is 3. The zero-order chi connectivity index (χ0) is 18.7. The van der Waals surface area contributed by atoms with Crippen molar-refractivity contribution in [2.24, 2.45) is 7.05 Å². The first-order chi connectivity index (χ1) is 12.5. The van der Waals surface area contributed by atoms with Gasteiger partial charge in [0.2, 0.25) is 0 Å². The van der Waals surface area contributed by atoms with Crippen LogP contribution >= 0.6 is 0 Å². The van der Waals surface area contributed by atoms with Crippen molar-refractivity contribution < 1.29 is 19.0 Å². The first-order valence-corrected chi connectivity index (χ1v) is 8.04. The molecule has 0 bridgehead atoms. The van der Waals surface area contributed by atoms with Gasteiger partial charge < -0.3 is 14.4 Å². The number of aryl methyl sites for hydroxylation is 2. The molecule has 0 unspecified atom stereocenters. The van der Waals surface area contributed by atoms with Crippen LogP contribution in [0.5, 0.6) is 5.75 Å². The van der Waals surface area contributed by atoms with E-state index in [0.29, 0.717) is 30.0 Å². The smallest absolute Gasteiger partial charge is 0.335 e. The zero-order valence-electron chi connectivity index (χ0n) is 14.4. The molecule has 0 atom stereocenters. The number of carboxylic acid groups (broad SMARTS) is 1. The average Bonchev–Trinajstić information content (AvgIpc) is 3.01. The minimum atomic E-state index is -1.02. The molecule has 0 aliphatic carbocycles. The van der Waals surface area contributed by atoms with Crippen LogP contribution in [-0.4, -0.2) is 33.0 Å². The fraction of sp³-hybridized carbons (Fsp3) is 0.211. The first-order valence-electron chi connectivity index (χ1n) is 8.04. The van der Waals surface area contributed by atoms with Gasteiger partial charge in [-0.15, -0.1) is 10.2 Å². The van der Waals surface area contributed by atoms with Crippen molar-refractivity contribution in [3.8, 4) is 17.1 Å². The van der Waals surface area contributed by atoms with Gasteiger partial charge >= 0.3 is 5.97 Å². The quantitative estimate of drug-likeness (QED) is 0.735. The fourth-order valence-electron chi connectivity index (χ4n) is 2.73. The monoisotopic (exact) mass is 355 g/mol. The molecule has 3 rings (SSSR count). The number of aromatic carboxylic acids is 1. The molecule has 0 radical (unpaired) electrons. The maximum absolute atomic E-state index is 13.0. The largest absolute Gasteiger partial charge is 0.496 e. The summed E-state index contributed by atoms with van der Waals surface area (Å²) in [6.45, 7) is 0. The molecule has 0 aliphatic heterocycles. The maximum atomic E-state index is 13.0. The summed E-state index contributed by atoms with van der Waals surface area (Å²) in [5, 5.41) is 17.6. The Balaban J connectivity index is 1.84. The second kappa shape index (κ2) is 7.35. The molecule has 0 saturated heterocycles. The number of hydrogen-bond acceptors (Lipinski definition) is 4. The highest BCUT2D eigenvalue weighted by Crippen LogP contribution is 2.30. The molecule has 3 aromatic rings. The third-order valence-electron chi connectivity index (χ3n) is 4.20. The zero-order valence-corrected chi connectivity index (χ0v) is 14.4. The highest BCUT2D eigenvalue weighted by molar-refractivity contribution is 5.89. The number of aromatic nitrogens is 3. The van der Waals surface area contributed by atoms with Crippen LogP contribution in [0.3, 0.4) is 0 Å². The summed E-state index contributed by atoms with van der Waals surface area (Å²) in [4.78, 5) is 11.1. The Labute approximate surface area is 149 Å². The Morgan fingerprint density at radius 2 is 1.88 bits per heavy atom. The van der Waals surface area contributed by atoms with Gasteiger partial charge in [-0.2, -0.15) is 0 Å². The predicted octanol–water partition coefficient (Wildman–Crippen LogP) is 3.11. The van der Waals surface area contributed by atoms with E-state index in [2.05, 4.69) is 10.2 Å². The van der Waals surface area contributed by atoms with Crippen LogP contribution in [0.1, 0.15) is 21.7 Å². The molecule has 0 fully saturated rings. The van der Waals surface area contributed by atoms with E-state index in [4.69, 9.17) is 9.84 Å². The van der Waals surface area contributed by atoms with Crippen molar-refractivity contribution in [2.45, 2.75) is 12.8 Å². The minimum absolute atomic E-state index is 0.143. The van der Waals surface area contributed by atoms with E-state index in [-0.39, 0.29) is 11.4 Å². The number of halogens is 1. The Hall–Kier alpha value is -3.22. The van der Waals surface area contributed by atoms with Gasteiger partial charge in [-0.05, 0) is 42.3 Å². The van der Waals surface area contributed by atoms with Gasteiger partial charge in [0.15, 0.2) is 5.82 Å². The summed E-state index contributed by atoms with van der Waals surface area (Å²) in [7, 11) is 3.33. The van der Waals surface area contributed by atoms with Crippen LogP contribution in [0.4, 0.5) is 4.39 Å². The third kappa shape index (κ3) is 3.56. The van der Waals surface area contributed by atoms with Crippen molar-refractivity contribution >= 4 is 5.97 Å². The summed E-state index contributed by atoms with van der Waals surface area (Å²) in [6.07, 6.45) is 1.35. The summed E-state index contributed by atoms with van der Waals surface area (Å²) in [5.74, 6) is 0.506.